The second-order valence-electron chi connectivity index (χ2n) is 8.48. The summed E-state index contributed by atoms with van der Waals surface area (Å²) in [7, 11) is 1.72. The first-order valence-corrected chi connectivity index (χ1v) is 11.2. The van der Waals surface area contributed by atoms with Crippen molar-refractivity contribution in [3.05, 3.63) is 76.1 Å². The van der Waals surface area contributed by atoms with Crippen LogP contribution >= 0.6 is 11.8 Å². The molecule has 0 radical (unpaired) electrons. The molecule has 1 aromatic heterocycles. The van der Waals surface area contributed by atoms with E-state index in [0.29, 0.717) is 16.6 Å². The molecule has 3 rings (SSSR count). The number of carbonyl (C=O) groups is 2. The summed E-state index contributed by atoms with van der Waals surface area (Å²) in [5.74, 6) is -1.19. The molecular weight excluding hydrogens is 458 g/mol. The molecule has 2 aromatic carbocycles. The zero-order valence-electron chi connectivity index (χ0n) is 19.3. The number of ether oxygens (including phenoxy) is 1. The normalized spacial score (nSPS) is 11.2. The van der Waals surface area contributed by atoms with Gasteiger partial charge in [0.1, 0.15) is 6.33 Å². The maximum absolute atomic E-state index is 12.9. The standard InChI is InChI=1S/C23H25N5O5S/c1-23(2,3)27(13-16-8-6-5-7-9-16)20(29)14-33-21(30)17-10-11-19(18(12-17)28(31)32)34-22-25-24-15-26(22)4/h5-12,15H,13-14H2,1-4H3. The number of aryl methyl sites for hydroxylation is 1. The molecule has 0 unspecified atom stereocenters. The quantitative estimate of drug-likeness (QED) is 0.269. The van der Waals surface area contributed by atoms with Crippen LogP contribution in [-0.2, 0) is 23.1 Å². The highest BCUT2D eigenvalue weighted by Gasteiger charge is 2.28. The summed E-state index contributed by atoms with van der Waals surface area (Å²) >= 11 is 1.06. The van der Waals surface area contributed by atoms with Crippen LogP contribution in [0.15, 0.2) is 64.9 Å². The van der Waals surface area contributed by atoms with Crippen LogP contribution in [0.4, 0.5) is 5.69 Å². The Morgan fingerprint density at radius 3 is 2.47 bits per heavy atom. The Morgan fingerprint density at radius 2 is 1.88 bits per heavy atom. The first-order chi connectivity index (χ1) is 16.1. The van der Waals surface area contributed by atoms with Gasteiger partial charge in [-0.3, -0.25) is 14.9 Å². The molecule has 0 aliphatic rings. The first-order valence-electron chi connectivity index (χ1n) is 10.4. The number of carbonyl (C=O) groups excluding carboxylic acids is 2. The van der Waals surface area contributed by atoms with Gasteiger partial charge in [-0.2, -0.15) is 0 Å². The molecule has 0 saturated carbocycles. The Kier molecular flexibility index (Phi) is 7.67. The van der Waals surface area contributed by atoms with Gasteiger partial charge in [0.05, 0.1) is 15.4 Å². The van der Waals surface area contributed by atoms with Crippen LogP contribution in [0.25, 0.3) is 0 Å². The summed E-state index contributed by atoms with van der Waals surface area (Å²) in [6.45, 7) is 5.57. The minimum absolute atomic E-state index is 0.0211. The lowest BCUT2D eigenvalue weighted by atomic mass is 10.0. The van der Waals surface area contributed by atoms with Crippen molar-refractivity contribution in [2.75, 3.05) is 6.61 Å². The zero-order chi connectivity index (χ0) is 24.9. The van der Waals surface area contributed by atoms with Gasteiger partial charge in [-0.25, -0.2) is 4.79 Å². The van der Waals surface area contributed by atoms with Crippen LogP contribution < -0.4 is 0 Å². The summed E-state index contributed by atoms with van der Waals surface area (Å²) in [5, 5.41) is 19.7. The van der Waals surface area contributed by atoms with Crippen molar-refractivity contribution >= 4 is 29.3 Å². The number of hydrogen-bond acceptors (Lipinski definition) is 8. The third-order valence-corrected chi connectivity index (χ3v) is 6.00. The lowest BCUT2D eigenvalue weighted by Crippen LogP contribution is -2.46. The number of amides is 1. The summed E-state index contributed by atoms with van der Waals surface area (Å²) in [6.07, 6.45) is 1.48. The molecule has 10 nitrogen and oxygen atoms in total. The monoisotopic (exact) mass is 483 g/mol. The molecule has 11 heteroatoms. The topological polar surface area (TPSA) is 120 Å². The highest BCUT2D eigenvalue weighted by Crippen LogP contribution is 2.34. The summed E-state index contributed by atoms with van der Waals surface area (Å²) in [4.78, 5) is 38.4. The van der Waals surface area contributed by atoms with Crippen LogP contribution in [0, 0.1) is 10.1 Å². The predicted octanol–water partition coefficient (Wildman–Crippen LogP) is 3.86. The van der Waals surface area contributed by atoms with E-state index in [4.69, 9.17) is 4.74 Å². The molecule has 1 amide bonds. The fourth-order valence-corrected chi connectivity index (χ4v) is 3.94. The van der Waals surface area contributed by atoms with E-state index in [-0.39, 0.29) is 17.2 Å². The maximum Gasteiger partial charge on any atom is 0.338 e. The molecular formula is C23H25N5O5S. The number of aromatic nitrogens is 3. The number of rotatable bonds is 8. The Balaban J connectivity index is 1.71. The Labute approximate surface area is 201 Å². The average Bonchev–Trinajstić information content (AvgIpc) is 3.20. The van der Waals surface area contributed by atoms with E-state index in [9.17, 15) is 19.7 Å². The van der Waals surface area contributed by atoms with Crippen molar-refractivity contribution in [3.8, 4) is 0 Å². The molecule has 0 aliphatic heterocycles. The second kappa shape index (κ2) is 10.5. The lowest BCUT2D eigenvalue weighted by molar-refractivity contribution is -0.387. The molecule has 3 aromatic rings. The third-order valence-electron chi connectivity index (χ3n) is 4.88. The van der Waals surface area contributed by atoms with E-state index < -0.39 is 23.0 Å². The number of hydrogen-bond donors (Lipinski definition) is 0. The van der Waals surface area contributed by atoms with E-state index >= 15 is 0 Å². The zero-order valence-corrected chi connectivity index (χ0v) is 20.1. The molecule has 1 heterocycles. The van der Waals surface area contributed by atoms with Crippen LogP contribution in [0.3, 0.4) is 0 Å². The summed E-state index contributed by atoms with van der Waals surface area (Å²) < 4.78 is 6.84. The molecule has 0 fully saturated rings. The van der Waals surface area contributed by atoms with Crippen LogP contribution in [0.5, 0.6) is 0 Å². The summed E-state index contributed by atoms with van der Waals surface area (Å²) in [5.41, 5.74) is 0.154. The van der Waals surface area contributed by atoms with Gasteiger partial charge < -0.3 is 14.2 Å². The van der Waals surface area contributed by atoms with Crippen molar-refractivity contribution in [3.63, 3.8) is 0 Å². The maximum atomic E-state index is 12.9. The minimum Gasteiger partial charge on any atom is -0.452 e. The van der Waals surface area contributed by atoms with E-state index in [1.165, 1.54) is 18.5 Å². The highest BCUT2D eigenvalue weighted by molar-refractivity contribution is 7.99. The second-order valence-corrected chi connectivity index (χ2v) is 9.49. The van der Waals surface area contributed by atoms with Gasteiger partial charge >= 0.3 is 5.97 Å². The van der Waals surface area contributed by atoms with Gasteiger partial charge in [0.25, 0.3) is 11.6 Å². The number of nitrogens with zero attached hydrogens (tertiary/aromatic N) is 5. The van der Waals surface area contributed by atoms with E-state index in [1.54, 1.807) is 16.5 Å². The fourth-order valence-electron chi connectivity index (χ4n) is 3.09. The first kappa shape index (κ1) is 24.9. The predicted molar refractivity (Wildman–Crippen MR) is 125 cm³/mol. The number of esters is 1. The highest BCUT2D eigenvalue weighted by atomic mass is 32.2. The number of nitro benzene ring substituents is 1. The van der Waals surface area contributed by atoms with Crippen molar-refractivity contribution in [2.24, 2.45) is 7.05 Å². The van der Waals surface area contributed by atoms with Crippen molar-refractivity contribution in [1.29, 1.82) is 0 Å². The van der Waals surface area contributed by atoms with E-state index in [2.05, 4.69) is 10.2 Å². The van der Waals surface area contributed by atoms with Crippen LogP contribution in [0.2, 0.25) is 0 Å². The van der Waals surface area contributed by atoms with Crippen molar-refractivity contribution in [1.82, 2.24) is 19.7 Å². The average molecular weight is 484 g/mol. The molecule has 34 heavy (non-hydrogen) atoms. The van der Waals surface area contributed by atoms with Gasteiger partial charge in [0.15, 0.2) is 11.8 Å². The molecule has 0 spiro atoms. The van der Waals surface area contributed by atoms with E-state index in [0.717, 1.165) is 23.4 Å². The Morgan fingerprint density at radius 1 is 1.18 bits per heavy atom. The van der Waals surface area contributed by atoms with Crippen molar-refractivity contribution in [2.45, 2.75) is 42.9 Å². The number of benzene rings is 2. The smallest absolute Gasteiger partial charge is 0.338 e. The van der Waals surface area contributed by atoms with Crippen molar-refractivity contribution < 1.29 is 19.2 Å². The fraction of sp³-hybridized carbons (Fsp3) is 0.304. The molecule has 0 bridgehead atoms. The SMILES string of the molecule is Cn1cnnc1Sc1ccc(C(=O)OCC(=O)N(Cc2ccccc2)C(C)(C)C)cc1[N+](=O)[O-]. The Hall–Kier alpha value is -3.73. The van der Waals surface area contributed by atoms with Crippen LogP contribution in [0.1, 0.15) is 36.7 Å². The van der Waals surface area contributed by atoms with Gasteiger partial charge in [0.2, 0.25) is 0 Å². The van der Waals surface area contributed by atoms with Gasteiger partial charge in [-0.1, -0.05) is 30.3 Å². The van der Waals surface area contributed by atoms with Gasteiger partial charge in [-0.05, 0) is 50.2 Å². The van der Waals surface area contributed by atoms with Gasteiger partial charge in [0, 0.05) is 25.2 Å². The van der Waals surface area contributed by atoms with Crippen LogP contribution in [-0.4, -0.2) is 48.6 Å². The molecule has 178 valence electrons. The van der Waals surface area contributed by atoms with E-state index in [1.807, 2.05) is 51.1 Å². The lowest BCUT2D eigenvalue weighted by Gasteiger charge is -2.35. The van der Waals surface area contributed by atoms with Gasteiger partial charge in [-0.15, -0.1) is 10.2 Å². The molecule has 0 aliphatic carbocycles. The number of nitro groups is 1. The largest absolute Gasteiger partial charge is 0.452 e. The molecule has 0 N–H and O–H groups in total. The molecule has 0 saturated heterocycles. The Bertz CT molecular complexity index is 1190. The summed E-state index contributed by atoms with van der Waals surface area (Å²) in [6, 6.07) is 13.5. The third kappa shape index (κ3) is 6.19. The molecule has 0 atom stereocenters. The minimum atomic E-state index is -0.819.